The summed E-state index contributed by atoms with van der Waals surface area (Å²) in [6.45, 7) is 8.28. The SMILES string of the molecule is CC(C)CNC(=O)[C@H](C)OC(=O)c1cccc(S(=O)(=O)N2CCCC[C@H]2C)c1. The fourth-order valence-corrected chi connectivity index (χ4v) is 4.82. The number of ether oxygens (including phenoxy) is 1. The Bertz CT molecular complexity index is 807. The maximum absolute atomic E-state index is 13.0. The van der Waals surface area contributed by atoms with Gasteiger partial charge in [0.2, 0.25) is 10.0 Å². The molecule has 1 N–H and O–H groups in total. The number of piperidine rings is 1. The minimum Gasteiger partial charge on any atom is -0.449 e. The minimum absolute atomic E-state index is 0.0626. The topological polar surface area (TPSA) is 92.8 Å². The van der Waals surface area contributed by atoms with Gasteiger partial charge < -0.3 is 10.1 Å². The van der Waals surface area contributed by atoms with Crippen LogP contribution in [0.4, 0.5) is 0 Å². The zero-order valence-corrected chi connectivity index (χ0v) is 17.8. The van der Waals surface area contributed by atoms with E-state index in [9.17, 15) is 18.0 Å². The summed E-state index contributed by atoms with van der Waals surface area (Å²) >= 11 is 0. The number of carbonyl (C=O) groups excluding carboxylic acids is 2. The molecule has 1 aliphatic rings. The Morgan fingerprint density at radius 1 is 1.25 bits per heavy atom. The Labute approximate surface area is 167 Å². The van der Waals surface area contributed by atoms with Crippen LogP contribution >= 0.6 is 0 Å². The first-order valence-electron chi connectivity index (χ1n) is 9.73. The molecule has 1 aromatic carbocycles. The summed E-state index contributed by atoms with van der Waals surface area (Å²) in [7, 11) is -3.68. The number of carbonyl (C=O) groups is 2. The van der Waals surface area contributed by atoms with Crippen LogP contribution in [0.25, 0.3) is 0 Å². The number of amides is 1. The second-order valence-electron chi connectivity index (χ2n) is 7.67. The summed E-state index contributed by atoms with van der Waals surface area (Å²) in [5.41, 5.74) is 0.106. The first-order chi connectivity index (χ1) is 13.1. The maximum atomic E-state index is 13.0. The number of sulfonamides is 1. The van der Waals surface area contributed by atoms with Crippen molar-refractivity contribution in [3.63, 3.8) is 0 Å². The van der Waals surface area contributed by atoms with Crippen LogP contribution in [-0.2, 0) is 19.6 Å². The molecule has 7 nitrogen and oxygen atoms in total. The molecule has 1 saturated heterocycles. The third kappa shape index (κ3) is 5.54. The molecule has 0 aromatic heterocycles. The van der Waals surface area contributed by atoms with Crippen molar-refractivity contribution in [3.05, 3.63) is 29.8 Å². The quantitative estimate of drug-likeness (QED) is 0.698. The highest BCUT2D eigenvalue weighted by Gasteiger charge is 2.31. The van der Waals surface area contributed by atoms with E-state index in [1.165, 1.54) is 35.5 Å². The first kappa shape index (κ1) is 22.4. The average molecular weight is 411 g/mol. The monoisotopic (exact) mass is 410 g/mol. The summed E-state index contributed by atoms with van der Waals surface area (Å²) in [5, 5.41) is 2.70. The van der Waals surface area contributed by atoms with E-state index in [2.05, 4.69) is 5.32 Å². The highest BCUT2D eigenvalue weighted by Crippen LogP contribution is 2.25. The lowest BCUT2D eigenvalue weighted by Gasteiger charge is -2.32. The van der Waals surface area contributed by atoms with Crippen LogP contribution in [0.5, 0.6) is 0 Å². The van der Waals surface area contributed by atoms with Crippen LogP contribution in [0, 0.1) is 5.92 Å². The molecule has 8 heteroatoms. The van der Waals surface area contributed by atoms with Gasteiger partial charge in [0.05, 0.1) is 10.5 Å². The van der Waals surface area contributed by atoms with E-state index in [0.717, 1.165) is 19.3 Å². The van der Waals surface area contributed by atoms with Gasteiger partial charge in [-0.15, -0.1) is 0 Å². The van der Waals surface area contributed by atoms with Crippen LogP contribution in [0.1, 0.15) is 57.3 Å². The molecule has 0 bridgehead atoms. The second-order valence-corrected chi connectivity index (χ2v) is 9.57. The van der Waals surface area contributed by atoms with Crippen molar-refractivity contribution in [1.29, 1.82) is 0 Å². The van der Waals surface area contributed by atoms with Gasteiger partial charge in [0, 0.05) is 19.1 Å². The van der Waals surface area contributed by atoms with E-state index in [0.29, 0.717) is 13.1 Å². The lowest BCUT2D eigenvalue weighted by Crippen LogP contribution is -2.42. The van der Waals surface area contributed by atoms with Gasteiger partial charge in [0.25, 0.3) is 5.91 Å². The Morgan fingerprint density at radius 2 is 1.96 bits per heavy atom. The molecule has 2 atom stereocenters. The van der Waals surface area contributed by atoms with Gasteiger partial charge >= 0.3 is 5.97 Å². The predicted octanol–water partition coefficient (Wildman–Crippen LogP) is 2.57. The molecule has 1 heterocycles. The maximum Gasteiger partial charge on any atom is 0.338 e. The number of benzene rings is 1. The Hall–Kier alpha value is -1.93. The highest BCUT2D eigenvalue weighted by atomic mass is 32.2. The lowest BCUT2D eigenvalue weighted by molar-refractivity contribution is -0.129. The summed E-state index contributed by atoms with van der Waals surface area (Å²) in [6.07, 6.45) is 1.70. The Balaban J connectivity index is 2.11. The molecule has 1 fully saturated rings. The van der Waals surface area contributed by atoms with Crippen molar-refractivity contribution in [2.45, 2.75) is 64.0 Å². The number of esters is 1. The molecule has 0 radical (unpaired) electrons. The number of nitrogens with one attached hydrogen (secondary N) is 1. The summed E-state index contributed by atoms with van der Waals surface area (Å²) < 4.78 is 32.6. The van der Waals surface area contributed by atoms with Crippen LogP contribution in [0.3, 0.4) is 0 Å². The van der Waals surface area contributed by atoms with Crippen molar-refractivity contribution < 1.29 is 22.7 Å². The fraction of sp³-hybridized carbons (Fsp3) is 0.600. The number of nitrogens with zero attached hydrogens (tertiary/aromatic N) is 1. The normalized spacial score (nSPS) is 19.2. The van der Waals surface area contributed by atoms with Crippen LogP contribution < -0.4 is 5.32 Å². The smallest absolute Gasteiger partial charge is 0.338 e. The minimum atomic E-state index is -3.68. The van der Waals surface area contributed by atoms with Gasteiger partial charge in [-0.2, -0.15) is 4.31 Å². The van der Waals surface area contributed by atoms with Gasteiger partial charge in [-0.1, -0.05) is 26.3 Å². The van der Waals surface area contributed by atoms with Crippen molar-refractivity contribution in [1.82, 2.24) is 9.62 Å². The molecule has 0 unspecified atom stereocenters. The van der Waals surface area contributed by atoms with Gasteiger partial charge in [-0.25, -0.2) is 13.2 Å². The van der Waals surface area contributed by atoms with Gasteiger partial charge in [-0.3, -0.25) is 4.79 Å². The van der Waals surface area contributed by atoms with Crippen LogP contribution in [-0.4, -0.2) is 49.8 Å². The molecule has 1 aliphatic heterocycles. The van der Waals surface area contributed by atoms with Crippen LogP contribution in [0.2, 0.25) is 0 Å². The Morgan fingerprint density at radius 3 is 2.61 bits per heavy atom. The number of hydrogen-bond acceptors (Lipinski definition) is 5. The lowest BCUT2D eigenvalue weighted by atomic mass is 10.1. The summed E-state index contributed by atoms with van der Waals surface area (Å²) in [4.78, 5) is 24.5. The van der Waals surface area contributed by atoms with Crippen molar-refractivity contribution in [2.24, 2.45) is 5.92 Å². The average Bonchev–Trinajstić information content (AvgIpc) is 2.66. The second kappa shape index (κ2) is 9.52. The zero-order chi connectivity index (χ0) is 20.9. The predicted molar refractivity (Wildman–Crippen MR) is 106 cm³/mol. The van der Waals surface area contributed by atoms with E-state index in [-0.39, 0.29) is 28.3 Å². The van der Waals surface area contributed by atoms with Crippen LogP contribution in [0.15, 0.2) is 29.2 Å². The van der Waals surface area contributed by atoms with E-state index < -0.39 is 22.1 Å². The Kier molecular flexibility index (Phi) is 7.60. The molecule has 1 amide bonds. The van der Waals surface area contributed by atoms with Gasteiger partial charge in [-0.05, 0) is 50.8 Å². The standard InChI is InChI=1S/C20H30N2O5S/c1-14(2)13-21-19(23)16(4)27-20(24)17-9-7-10-18(12-17)28(25,26)22-11-6-5-8-15(22)3/h7,9-10,12,14-16H,5-6,8,11,13H2,1-4H3,(H,21,23)/t15-,16+/m1/s1. The first-order valence-corrected chi connectivity index (χ1v) is 11.2. The summed E-state index contributed by atoms with van der Waals surface area (Å²) in [6, 6.07) is 5.73. The molecule has 0 aliphatic carbocycles. The van der Waals surface area contributed by atoms with E-state index in [1.807, 2.05) is 20.8 Å². The molecule has 1 aromatic rings. The molecular weight excluding hydrogens is 380 g/mol. The molecule has 0 spiro atoms. The molecule has 0 saturated carbocycles. The van der Waals surface area contributed by atoms with E-state index in [1.54, 1.807) is 0 Å². The van der Waals surface area contributed by atoms with Gasteiger partial charge in [0.1, 0.15) is 0 Å². The molecule has 28 heavy (non-hydrogen) atoms. The van der Waals surface area contributed by atoms with E-state index >= 15 is 0 Å². The highest BCUT2D eigenvalue weighted by molar-refractivity contribution is 7.89. The van der Waals surface area contributed by atoms with Crippen molar-refractivity contribution >= 4 is 21.9 Å². The van der Waals surface area contributed by atoms with Gasteiger partial charge in [0.15, 0.2) is 6.10 Å². The molecular formula is C20H30N2O5S. The largest absolute Gasteiger partial charge is 0.449 e. The van der Waals surface area contributed by atoms with E-state index in [4.69, 9.17) is 4.74 Å². The number of rotatable bonds is 7. The van der Waals surface area contributed by atoms with Crippen molar-refractivity contribution in [2.75, 3.05) is 13.1 Å². The molecule has 2 rings (SSSR count). The third-order valence-corrected chi connectivity index (χ3v) is 6.77. The van der Waals surface area contributed by atoms with Crippen molar-refractivity contribution in [3.8, 4) is 0 Å². The third-order valence-electron chi connectivity index (χ3n) is 4.76. The zero-order valence-electron chi connectivity index (χ0n) is 17.0. The summed E-state index contributed by atoms with van der Waals surface area (Å²) in [5.74, 6) is -0.824. The fourth-order valence-electron chi connectivity index (χ4n) is 3.08. The molecule has 156 valence electrons. The number of hydrogen-bond donors (Lipinski definition) is 1.